The molecule has 3 heterocycles. The fourth-order valence-corrected chi connectivity index (χ4v) is 3.98. The maximum absolute atomic E-state index is 6.02. The smallest absolute Gasteiger partial charge is 0.133 e. The third kappa shape index (κ3) is 4.26. The van der Waals surface area contributed by atoms with Crippen LogP contribution in [0.25, 0.3) is 22.4 Å². The molecule has 6 nitrogen and oxygen atoms in total. The lowest BCUT2D eigenvalue weighted by atomic mass is 9.95. The zero-order chi connectivity index (χ0) is 23.5. The fourth-order valence-electron chi connectivity index (χ4n) is 3.98. The third-order valence-electron chi connectivity index (χ3n) is 5.86. The highest BCUT2D eigenvalue weighted by Crippen LogP contribution is 2.32. The Morgan fingerprint density at radius 3 is 2.59 bits per heavy atom. The van der Waals surface area contributed by atoms with Crippen molar-refractivity contribution in [3.63, 3.8) is 0 Å². The molecule has 0 unspecified atom stereocenters. The summed E-state index contributed by atoms with van der Waals surface area (Å²) in [4.78, 5) is 12.9. The van der Waals surface area contributed by atoms with Gasteiger partial charge >= 0.3 is 0 Å². The maximum Gasteiger partial charge on any atom is 0.133 e. The molecule has 0 aliphatic carbocycles. The Kier molecular flexibility index (Phi) is 5.79. The highest BCUT2D eigenvalue weighted by atomic mass is 16.5. The molecule has 0 radical (unpaired) electrons. The van der Waals surface area contributed by atoms with E-state index in [4.69, 9.17) is 4.74 Å². The number of fused-ring (bicyclic) bond motifs is 1. The standard InChI is InChI=1S/C28H25N5O/c1-19-12-27(22-7-5-11-30-15-22)32-28(29-2)26-14-21(9-10-25(19)26)20-6-4-8-24(13-20)34-17-23-16-31-18-33(23)3/h4-16,18H,1,17H2,2-3H3,(H,29,32). The lowest BCUT2D eigenvalue weighted by Crippen LogP contribution is -2.22. The summed E-state index contributed by atoms with van der Waals surface area (Å²) in [6, 6.07) is 18.4. The number of nitrogens with one attached hydrogen (secondary N) is 1. The molecule has 0 bridgehead atoms. The second kappa shape index (κ2) is 9.19. The van der Waals surface area contributed by atoms with Crippen molar-refractivity contribution < 1.29 is 4.74 Å². The molecule has 0 saturated heterocycles. The van der Waals surface area contributed by atoms with Gasteiger partial charge in [-0.2, -0.15) is 0 Å². The van der Waals surface area contributed by atoms with Crippen molar-refractivity contribution in [1.82, 2.24) is 19.9 Å². The van der Waals surface area contributed by atoms with Gasteiger partial charge in [-0.15, -0.1) is 0 Å². The number of hydrogen-bond acceptors (Lipinski definition) is 4. The van der Waals surface area contributed by atoms with E-state index in [-0.39, 0.29) is 0 Å². The van der Waals surface area contributed by atoms with Gasteiger partial charge in [-0.1, -0.05) is 30.8 Å². The minimum atomic E-state index is 0.462. The van der Waals surface area contributed by atoms with Crippen molar-refractivity contribution in [3.8, 4) is 16.9 Å². The molecule has 1 aliphatic rings. The predicted molar refractivity (Wildman–Crippen MR) is 136 cm³/mol. The van der Waals surface area contributed by atoms with Gasteiger partial charge in [0.1, 0.15) is 18.2 Å². The van der Waals surface area contributed by atoms with Gasteiger partial charge < -0.3 is 14.6 Å². The second-order valence-electron chi connectivity index (χ2n) is 8.09. The first-order chi connectivity index (χ1) is 16.6. The van der Waals surface area contributed by atoms with Crippen LogP contribution in [0.15, 0.2) is 97.2 Å². The topological polar surface area (TPSA) is 64.3 Å². The summed E-state index contributed by atoms with van der Waals surface area (Å²) in [7, 11) is 3.75. The number of rotatable bonds is 5. The van der Waals surface area contributed by atoms with E-state index in [2.05, 4.69) is 57.2 Å². The van der Waals surface area contributed by atoms with Crippen LogP contribution in [-0.4, -0.2) is 27.4 Å². The molecule has 1 N–H and O–H groups in total. The van der Waals surface area contributed by atoms with Crippen LogP contribution in [0.5, 0.6) is 5.75 Å². The van der Waals surface area contributed by atoms with Crippen LogP contribution in [0.2, 0.25) is 0 Å². The molecule has 0 fully saturated rings. The number of hydrogen-bond donors (Lipinski definition) is 1. The number of aromatic nitrogens is 3. The highest BCUT2D eigenvalue weighted by molar-refractivity contribution is 6.11. The molecule has 0 atom stereocenters. The largest absolute Gasteiger partial charge is 0.487 e. The number of benzene rings is 2. The number of allylic oxidation sites excluding steroid dienone is 2. The first-order valence-electron chi connectivity index (χ1n) is 11.0. The summed E-state index contributed by atoms with van der Waals surface area (Å²) in [5.41, 5.74) is 8.01. The first-order valence-corrected chi connectivity index (χ1v) is 11.0. The second-order valence-corrected chi connectivity index (χ2v) is 8.09. The molecule has 2 aromatic carbocycles. The SMILES string of the molecule is C=C1C=C(c2cccnc2)NC(=NC)c2cc(-c3cccc(OCc4cncn4C)c3)ccc21. The Balaban J connectivity index is 1.45. The molecule has 5 rings (SSSR count). The van der Waals surface area contributed by atoms with Crippen molar-refractivity contribution in [2.45, 2.75) is 6.61 Å². The number of ether oxygens (including phenoxy) is 1. The highest BCUT2D eigenvalue weighted by Gasteiger charge is 2.19. The molecule has 0 spiro atoms. The van der Waals surface area contributed by atoms with Crippen LogP contribution < -0.4 is 10.1 Å². The number of nitrogens with zero attached hydrogens (tertiary/aromatic N) is 4. The Hall–Kier alpha value is -4.45. The Morgan fingerprint density at radius 2 is 1.82 bits per heavy atom. The zero-order valence-corrected chi connectivity index (χ0v) is 19.2. The van der Waals surface area contributed by atoms with Gasteiger partial charge in [-0.3, -0.25) is 9.98 Å². The van der Waals surface area contributed by atoms with Crippen molar-refractivity contribution >= 4 is 17.1 Å². The number of imidazole rings is 1. The molecule has 0 saturated carbocycles. The molecular formula is C28H25N5O. The van der Waals surface area contributed by atoms with E-state index in [1.807, 2.05) is 54.3 Å². The van der Waals surface area contributed by atoms with Gasteiger partial charge in [0, 0.05) is 43.3 Å². The van der Waals surface area contributed by atoms with E-state index < -0.39 is 0 Å². The van der Waals surface area contributed by atoms with E-state index in [0.29, 0.717) is 6.61 Å². The summed E-state index contributed by atoms with van der Waals surface area (Å²) in [5, 5.41) is 3.48. The van der Waals surface area contributed by atoms with Crippen molar-refractivity contribution in [2.24, 2.45) is 12.0 Å². The van der Waals surface area contributed by atoms with Gasteiger partial charge in [-0.05, 0) is 58.7 Å². The first kappa shape index (κ1) is 21.4. The van der Waals surface area contributed by atoms with Gasteiger partial charge in [0.05, 0.1) is 18.2 Å². The van der Waals surface area contributed by atoms with E-state index in [9.17, 15) is 0 Å². The summed E-state index contributed by atoms with van der Waals surface area (Å²) in [6.07, 6.45) is 9.22. The lowest BCUT2D eigenvalue weighted by molar-refractivity contribution is 0.297. The Morgan fingerprint density at radius 1 is 0.971 bits per heavy atom. The molecule has 34 heavy (non-hydrogen) atoms. The molecule has 1 aliphatic heterocycles. The van der Waals surface area contributed by atoms with E-state index in [1.54, 1.807) is 19.6 Å². The van der Waals surface area contributed by atoms with E-state index in [0.717, 1.165) is 56.4 Å². The van der Waals surface area contributed by atoms with Crippen LogP contribution in [-0.2, 0) is 13.7 Å². The molecule has 2 aromatic heterocycles. The summed E-state index contributed by atoms with van der Waals surface area (Å²) >= 11 is 0. The van der Waals surface area contributed by atoms with Crippen molar-refractivity contribution in [1.29, 1.82) is 0 Å². The van der Waals surface area contributed by atoms with E-state index in [1.165, 1.54) is 0 Å². The van der Waals surface area contributed by atoms with Gasteiger partial charge in [-0.25, -0.2) is 4.98 Å². The third-order valence-corrected chi connectivity index (χ3v) is 5.86. The van der Waals surface area contributed by atoms with Gasteiger partial charge in [0.2, 0.25) is 0 Å². The quantitative estimate of drug-likeness (QED) is 0.463. The Bertz CT molecular complexity index is 1420. The zero-order valence-electron chi connectivity index (χ0n) is 19.2. The van der Waals surface area contributed by atoms with Gasteiger partial charge in [0.15, 0.2) is 0 Å². The van der Waals surface area contributed by atoms with E-state index >= 15 is 0 Å². The minimum absolute atomic E-state index is 0.462. The molecule has 6 heteroatoms. The summed E-state index contributed by atoms with van der Waals surface area (Å²) in [5.74, 6) is 1.59. The molecule has 4 aromatic rings. The number of aliphatic imine (C=N–C) groups is 1. The van der Waals surface area contributed by atoms with Crippen LogP contribution in [0, 0.1) is 0 Å². The maximum atomic E-state index is 6.02. The monoisotopic (exact) mass is 447 g/mol. The molecule has 0 amide bonds. The summed E-state index contributed by atoms with van der Waals surface area (Å²) in [6.45, 7) is 4.78. The van der Waals surface area contributed by atoms with Gasteiger partial charge in [0.25, 0.3) is 0 Å². The average Bonchev–Trinajstić information content (AvgIpc) is 3.23. The van der Waals surface area contributed by atoms with Crippen LogP contribution in [0.1, 0.15) is 22.4 Å². The predicted octanol–water partition coefficient (Wildman–Crippen LogP) is 5.10. The number of pyridine rings is 1. The summed E-state index contributed by atoms with van der Waals surface area (Å²) < 4.78 is 7.98. The molecular weight excluding hydrogens is 422 g/mol. The van der Waals surface area contributed by atoms with Crippen LogP contribution >= 0.6 is 0 Å². The minimum Gasteiger partial charge on any atom is -0.487 e. The van der Waals surface area contributed by atoms with Crippen LogP contribution in [0.3, 0.4) is 0 Å². The fraction of sp³-hybridized carbons (Fsp3) is 0.107. The Labute approximate surface area is 199 Å². The molecule has 168 valence electrons. The number of aryl methyl sites for hydroxylation is 1. The normalized spacial score (nSPS) is 14.2. The van der Waals surface area contributed by atoms with Crippen molar-refractivity contribution in [3.05, 3.63) is 115 Å². The van der Waals surface area contributed by atoms with Crippen LogP contribution in [0.4, 0.5) is 0 Å². The van der Waals surface area contributed by atoms with Crippen molar-refractivity contribution in [2.75, 3.05) is 7.05 Å². The average molecular weight is 448 g/mol. The lowest BCUT2D eigenvalue weighted by Gasteiger charge is -2.14. The number of amidine groups is 1.